The standard InChI is InChI=1S/C30H25N3O8S/c1-4-41-29(36)24-25(18-8-6-5-7-9-18)31-30-32(26(24)19-10-12-20(39-2)13-11-19)28(35)23(42-30)16-17-14-21(33(37)38)27(34)22(15-17)40-3/h5-16,26,34H,4H2,1-3H3/b23-16-/t26-/m1/s1. The fourth-order valence-electron chi connectivity index (χ4n) is 4.69. The molecule has 0 saturated heterocycles. The van der Waals surface area contributed by atoms with Crippen LogP contribution in [-0.4, -0.2) is 41.4 Å². The van der Waals surface area contributed by atoms with Gasteiger partial charge in [0.15, 0.2) is 10.6 Å². The summed E-state index contributed by atoms with van der Waals surface area (Å²) in [6.07, 6.45) is 1.46. The molecule has 0 aliphatic carbocycles. The number of phenolic OH excluding ortho intramolecular Hbond substituents is 1. The number of carbonyl (C=O) groups is 1. The van der Waals surface area contributed by atoms with E-state index in [0.717, 1.165) is 17.4 Å². The van der Waals surface area contributed by atoms with Crippen LogP contribution < -0.4 is 24.4 Å². The molecule has 0 saturated carbocycles. The van der Waals surface area contributed by atoms with Crippen molar-refractivity contribution in [1.82, 2.24) is 4.57 Å². The van der Waals surface area contributed by atoms with Gasteiger partial charge in [0.05, 0.1) is 47.6 Å². The topological polar surface area (TPSA) is 142 Å². The van der Waals surface area contributed by atoms with E-state index in [1.54, 1.807) is 31.2 Å². The number of rotatable bonds is 8. The lowest BCUT2D eigenvalue weighted by Gasteiger charge is -2.26. The molecular weight excluding hydrogens is 562 g/mol. The lowest BCUT2D eigenvalue weighted by atomic mass is 9.93. The van der Waals surface area contributed by atoms with Crippen molar-refractivity contribution in [3.63, 3.8) is 0 Å². The van der Waals surface area contributed by atoms with Crippen LogP contribution in [0.2, 0.25) is 0 Å². The van der Waals surface area contributed by atoms with Gasteiger partial charge in [-0.15, -0.1) is 0 Å². The van der Waals surface area contributed by atoms with E-state index in [1.165, 1.54) is 30.9 Å². The Morgan fingerprint density at radius 2 is 1.83 bits per heavy atom. The number of fused-ring (bicyclic) bond motifs is 1. The van der Waals surface area contributed by atoms with Gasteiger partial charge in [0.1, 0.15) is 5.75 Å². The first-order chi connectivity index (χ1) is 20.3. The van der Waals surface area contributed by atoms with Gasteiger partial charge >= 0.3 is 11.7 Å². The van der Waals surface area contributed by atoms with Crippen LogP contribution in [0, 0.1) is 10.1 Å². The van der Waals surface area contributed by atoms with E-state index in [4.69, 9.17) is 19.2 Å². The molecule has 12 heteroatoms. The maximum atomic E-state index is 14.0. The van der Waals surface area contributed by atoms with Crippen molar-refractivity contribution in [1.29, 1.82) is 0 Å². The Balaban J connectivity index is 1.82. The molecule has 0 unspecified atom stereocenters. The molecule has 0 bridgehead atoms. The van der Waals surface area contributed by atoms with Gasteiger partial charge < -0.3 is 19.3 Å². The Kier molecular flexibility index (Phi) is 7.89. The highest BCUT2D eigenvalue weighted by molar-refractivity contribution is 7.07. The zero-order chi connectivity index (χ0) is 30.0. The summed E-state index contributed by atoms with van der Waals surface area (Å²) in [4.78, 5) is 43.4. The van der Waals surface area contributed by atoms with Crippen LogP contribution in [0.3, 0.4) is 0 Å². The van der Waals surface area contributed by atoms with Gasteiger partial charge in [0.2, 0.25) is 5.75 Å². The smallest absolute Gasteiger partial charge is 0.338 e. The van der Waals surface area contributed by atoms with Crippen LogP contribution in [0.5, 0.6) is 17.2 Å². The first-order valence-corrected chi connectivity index (χ1v) is 13.6. The van der Waals surface area contributed by atoms with Gasteiger partial charge in [-0.3, -0.25) is 19.5 Å². The summed E-state index contributed by atoms with van der Waals surface area (Å²) in [5.74, 6) is -0.754. The van der Waals surface area contributed by atoms with Crippen LogP contribution in [0.15, 0.2) is 82.1 Å². The third-order valence-corrected chi connectivity index (χ3v) is 7.58. The summed E-state index contributed by atoms with van der Waals surface area (Å²) in [7, 11) is 2.81. The number of esters is 1. The molecule has 1 atom stereocenters. The summed E-state index contributed by atoms with van der Waals surface area (Å²) in [5.41, 5.74) is 1.06. The molecule has 0 spiro atoms. The van der Waals surface area contributed by atoms with Crippen LogP contribution in [0.25, 0.3) is 11.8 Å². The number of thiazole rings is 1. The van der Waals surface area contributed by atoms with Gasteiger partial charge in [0, 0.05) is 11.6 Å². The molecule has 214 valence electrons. The first-order valence-electron chi connectivity index (χ1n) is 12.7. The number of aromatic nitrogens is 1. The predicted molar refractivity (Wildman–Crippen MR) is 155 cm³/mol. The lowest BCUT2D eigenvalue weighted by molar-refractivity contribution is -0.386. The molecule has 0 radical (unpaired) electrons. The Labute approximate surface area is 243 Å². The zero-order valence-corrected chi connectivity index (χ0v) is 23.6. The number of nitrogens with zero attached hydrogens (tertiary/aromatic N) is 3. The Hall–Kier alpha value is -5.23. The highest BCUT2D eigenvalue weighted by Crippen LogP contribution is 2.38. The van der Waals surface area contributed by atoms with E-state index in [9.17, 15) is 24.8 Å². The number of nitro groups is 1. The number of aromatic hydroxyl groups is 1. The number of methoxy groups -OCH3 is 2. The fourth-order valence-corrected chi connectivity index (χ4v) is 5.69. The highest BCUT2D eigenvalue weighted by Gasteiger charge is 2.35. The molecule has 11 nitrogen and oxygen atoms in total. The van der Waals surface area contributed by atoms with Crippen LogP contribution >= 0.6 is 11.3 Å². The largest absolute Gasteiger partial charge is 0.500 e. The van der Waals surface area contributed by atoms with Crippen molar-refractivity contribution < 1.29 is 29.0 Å². The molecule has 2 heterocycles. The molecule has 42 heavy (non-hydrogen) atoms. The van der Waals surface area contributed by atoms with Crippen LogP contribution in [-0.2, 0) is 9.53 Å². The summed E-state index contributed by atoms with van der Waals surface area (Å²) < 4.78 is 17.5. The second-order valence-corrected chi connectivity index (χ2v) is 10.1. The van der Waals surface area contributed by atoms with Gasteiger partial charge in [0.25, 0.3) is 5.56 Å². The van der Waals surface area contributed by atoms with Gasteiger partial charge in [-0.25, -0.2) is 9.79 Å². The first kappa shape index (κ1) is 28.3. The lowest BCUT2D eigenvalue weighted by Crippen LogP contribution is -2.40. The second kappa shape index (κ2) is 11.7. The molecule has 1 N–H and O–H groups in total. The number of phenols is 1. The predicted octanol–water partition coefficient (Wildman–Crippen LogP) is 3.57. The maximum absolute atomic E-state index is 14.0. The SMILES string of the molecule is CCOC(=O)C1=C(c2ccccc2)N=c2s/c(=C\c3cc(OC)c(O)c([N+](=O)[O-])c3)c(=O)n2[C@@H]1c1ccc(OC)cc1. The molecular formula is C30H25N3O8S. The molecule has 1 aromatic heterocycles. The monoisotopic (exact) mass is 587 g/mol. The number of carbonyl (C=O) groups excluding carboxylic acids is 1. The maximum Gasteiger partial charge on any atom is 0.338 e. The summed E-state index contributed by atoms with van der Waals surface area (Å²) in [6.45, 7) is 1.81. The van der Waals surface area contributed by atoms with Crippen molar-refractivity contribution >= 4 is 34.8 Å². The average Bonchev–Trinajstić information content (AvgIpc) is 3.31. The van der Waals surface area contributed by atoms with Crippen LogP contribution in [0.1, 0.15) is 29.7 Å². The zero-order valence-electron chi connectivity index (χ0n) is 22.8. The number of nitro benzene ring substituents is 1. The van der Waals surface area contributed by atoms with E-state index in [2.05, 4.69) is 0 Å². The van der Waals surface area contributed by atoms with Crippen molar-refractivity contribution in [2.75, 3.05) is 20.8 Å². The van der Waals surface area contributed by atoms with E-state index in [-0.39, 0.29) is 28.0 Å². The number of hydrogen-bond acceptors (Lipinski definition) is 10. The fraction of sp³-hybridized carbons (Fsp3) is 0.167. The Morgan fingerprint density at radius 3 is 2.45 bits per heavy atom. The van der Waals surface area contributed by atoms with Crippen molar-refractivity contribution in [2.45, 2.75) is 13.0 Å². The Bertz CT molecular complexity index is 1890. The minimum absolute atomic E-state index is 0.115. The molecule has 1 aliphatic heterocycles. The van der Waals surface area contributed by atoms with Gasteiger partial charge in [-0.05, 0) is 42.3 Å². The molecule has 0 fully saturated rings. The van der Waals surface area contributed by atoms with Gasteiger partial charge in [-0.1, -0.05) is 53.8 Å². The van der Waals surface area contributed by atoms with Crippen molar-refractivity contribution in [2.24, 2.45) is 4.99 Å². The second-order valence-electron chi connectivity index (χ2n) is 9.05. The average molecular weight is 588 g/mol. The quantitative estimate of drug-likeness (QED) is 0.187. The number of hydrogen-bond donors (Lipinski definition) is 1. The summed E-state index contributed by atoms with van der Waals surface area (Å²) >= 11 is 1.06. The van der Waals surface area contributed by atoms with Crippen molar-refractivity contribution in [3.05, 3.63) is 119 Å². The van der Waals surface area contributed by atoms with E-state index < -0.39 is 33.9 Å². The number of benzene rings is 3. The molecule has 1 aliphatic rings. The minimum atomic E-state index is -0.896. The van der Waals surface area contributed by atoms with E-state index in [0.29, 0.717) is 27.4 Å². The molecule has 0 amide bonds. The summed E-state index contributed by atoms with van der Waals surface area (Å²) in [6, 6.07) is 17.8. The van der Waals surface area contributed by atoms with E-state index >= 15 is 0 Å². The number of ether oxygens (including phenoxy) is 3. The van der Waals surface area contributed by atoms with E-state index in [1.807, 2.05) is 30.3 Å². The summed E-state index contributed by atoms with van der Waals surface area (Å²) in [5, 5.41) is 21.7. The molecule has 3 aromatic carbocycles. The molecule has 4 aromatic rings. The third-order valence-electron chi connectivity index (χ3n) is 6.60. The van der Waals surface area contributed by atoms with Gasteiger partial charge in [-0.2, -0.15) is 0 Å². The third kappa shape index (κ3) is 5.15. The highest BCUT2D eigenvalue weighted by atomic mass is 32.1. The Morgan fingerprint density at radius 1 is 1.12 bits per heavy atom. The van der Waals surface area contributed by atoms with Crippen LogP contribution in [0.4, 0.5) is 5.69 Å². The van der Waals surface area contributed by atoms with Crippen molar-refractivity contribution in [3.8, 4) is 17.2 Å². The molecule has 5 rings (SSSR count). The minimum Gasteiger partial charge on any atom is -0.500 e. The normalized spacial score (nSPS) is 14.6.